The van der Waals surface area contributed by atoms with E-state index in [2.05, 4.69) is 10.1 Å². The summed E-state index contributed by atoms with van der Waals surface area (Å²) >= 11 is 0. The average Bonchev–Trinajstić information content (AvgIpc) is 3.23. The Labute approximate surface area is 225 Å². The third kappa shape index (κ3) is 6.51. The minimum absolute atomic E-state index is 0.244. The number of para-hydroxylation sites is 1. The second-order valence-electron chi connectivity index (χ2n) is 10.3. The second-order valence-corrected chi connectivity index (χ2v) is 12.0. The summed E-state index contributed by atoms with van der Waals surface area (Å²) in [7, 11) is -4.20. The lowest BCUT2D eigenvalue weighted by atomic mass is 9.95. The van der Waals surface area contributed by atoms with Gasteiger partial charge in [-0.05, 0) is 53.7 Å². The molecule has 0 bridgehead atoms. The van der Waals surface area contributed by atoms with Gasteiger partial charge in [-0.3, -0.25) is 23.7 Å². The molecule has 0 amide bonds. The Hall–Kier alpha value is -2.80. The summed E-state index contributed by atoms with van der Waals surface area (Å²) in [4.78, 5) is 38.8. The predicted molar refractivity (Wildman–Crippen MR) is 138 cm³/mol. The number of benzene rings is 1. The van der Waals surface area contributed by atoms with Gasteiger partial charge in [0.05, 0.1) is 12.7 Å². The van der Waals surface area contributed by atoms with Crippen molar-refractivity contribution in [3.05, 3.63) is 63.4 Å². The standard InChI is InChI=1S/C25H34N3O10P/c1-15(2)34-22(30)16(3)27-39(32,37-17-10-8-7-9-11-17)33-14-18-25(6)20(36-24(4,5)38-25)21(35-18)28-13-12-19(29)26-23(28)31/h7-13,15-16,18,20-21H,14H2,1-6H3,(H,27,32)(H,26,29,31)/t16-,18+,20?,21+,25?,39?/m0/s1. The van der Waals surface area contributed by atoms with Gasteiger partial charge in [0, 0.05) is 12.3 Å². The summed E-state index contributed by atoms with van der Waals surface area (Å²) in [6.07, 6.45) is -1.75. The van der Waals surface area contributed by atoms with Gasteiger partial charge < -0.3 is 23.5 Å². The van der Waals surface area contributed by atoms with Crippen LogP contribution in [-0.2, 0) is 32.8 Å². The molecule has 0 saturated carbocycles. The molecule has 3 unspecified atom stereocenters. The van der Waals surface area contributed by atoms with Gasteiger partial charge in [-0.2, -0.15) is 5.09 Å². The van der Waals surface area contributed by atoms with Crippen LogP contribution in [-0.4, -0.2) is 57.9 Å². The normalized spacial score (nSPS) is 28.0. The molecule has 2 fully saturated rings. The Morgan fingerprint density at radius 3 is 2.49 bits per heavy atom. The molecule has 0 spiro atoms. The Morgan fingerprint density at radius 2 is 1.85 bits per heavy atom. The quantitative estimate of drug-likeness (QED) is 0.321. The number of nitrogens with zero attached hydrogens (tertiary/aromatic N) is 1. The van der Waals surface area contributed by atoms with E-state index in [0.717, 1.165) is 0 Å². The maximum absolute atomic E-state index is 13.9. The van der Waals surface area contributed by atoms with Crippen molar-refractivity contribution in [2.45, 2.75) is 83.5 Å². The monoisotopic (exact) mass is 567 g/mol. The molecule has 2 saturated heterocycles. The van der Waals surface area contributed by atoms with Crippen molar-refractivity contribution < 1.29 is 37.4 Å². The van der Waals surface area contributed by atoms with Crippen LogP contribution in [0.1, 0.15) is 47.8 Å². The number of H-pyrrole nitrogens is 1. The van der Waals surface area contributed by atoms with E-state index in [4.69, 9.17) is 28.0 Å². The van der Waals surface area contributed by atoms with Crippen LogP contribution in [0.5, 0.6) is 5.75 Å². The van der Waals surface area contributed by atoms with Gasteiger partial charge in [0.25, 0.3) is 5.56 Å². The van der Waals surface area contributed by atoms with Crippen LogP contribution in [0.15, 0.2) is 52.2 Å². The van der Waals surface area contributed by atoms with Gasteiger partial charge in [0.15, 0.2) is 12.0 Å². The number of nitrogens with one attached hydrogen (secondary N) is 2. The predicted octanol–water partition coefficient (Wildman–Crippen LogP) is 2.48. The van der Waals surface area contributed by atoms with Crippen molar-refractivity contribution in [1.82, 2.24) is 14.6 Å². The highest BCUT2D eigenvalue weighted by molar-refractivity contribution is 7.52. The van der Waals surface area contributed by atoms with Crippen molar-refractivity contribution >= 4 is 13.7 Å². The van der Waals surface area contributed by atoms with Crippen LogP contribution in [0.25, 0.3) is 0 Å². The molecule has 214 valence electrons. The summed E-state index contributed by atoms with van der Waals surface area (Å²) in [6, 6.07) is 8.49. The fraction of sp³-hybridized carbons (Fsp3) is 0.560. The zero-order chi connectivity index (χ0) is 28.6. The van der Waals surface area contributed by atoms with Crippen LogP contribution in [0.4, 0.5) is 0 Å². The van der Waals surface area contributed by atoms with E-state index in [1.807, 2.05) is 0 Å². The fourth-order valence-electron chi connectivity index (χ4n) is 4.54. The number of fused-ring (bicyclic) bond motifs is 1. The van der Waals surface area contributed by atoms with Crippen LogP contribution in [0, 0.1) is 0 Å². The van der Waals surface area contributed by atoms with Crippen LogP contribution in [0.3, 0.4) is 0 Å². The van der Waals surface area contributed by atoms with Gasteiger partial charge >= 0.3 is 19.4 Å². The first-order valence-corrected chi connectivity index (χ1v) is 14.1. The molecular weight excluding hydrogens is 533 g/mol. The molecule has 2 N–H and O–H groups in total. The summed E-state index contributed by atoms with van der Waals surface area (Å²) in [5.74, 6) is -1.43. The van der Waals surface area contributed by atoms with E-state index in [9.17, 15) is 18.9 Å². The number of carbonyl (C=O) groups is 1. The zero-order valence-corrected chi connectivity index (χ0v) is 23.5. The van der Waals surface area contributed by atoms with Crippen molar-refractivity contribution in [3.8, 4) is 5.75 Å². The summed E-state index contributed by atoms with van der Waals surface area (Å²) < 4.78 is 50.3. The number of aromatic nitrogens is 2. The SMILES string of the molecule is CC(C)OC(=O)[C@H](C)NP(=O)(OC[C@H]1O[C@@H](n2ccc(=O)[nH]c2=O)C2OC(C)(C)OC21C)Oc1ccccc1. The van der Waals surface area contributed by atoms with Crippen molar-refractivity contribution in [1.29, 1.82) is 0 Å². The molecule has 1 aromatic carbocycles. The van der Waals surface area contributed by atoms with Gasteiger partial charge in [-0.15, -0.1) is 0 Å². The van der Waals surface area contributed by atoms with Gasteiger partial charge in [-0.1, -0.05) is 18.2 Å². The van der Waals surface area contributed by atoms with Gasteiger partial charge in [-0.25, -0.2) is 9.36 Å². The average molecular weight is 568 g/mol. The van der Waals surface area contributed by atoms with Crippen LogP contribution in [0.2, 0.25) is 0 Å². The van der Waals surface area contributed by atoms with Crippen molar-refractivity contribution in [2.75, 3.05) is 6.61 Å². The van der Waals surface area contributed by atoms with Crippen LogP contribution >= 0.6 is 7.75 Å². The Bertz CT molecular complexity index is 1340. The highest BCUT2D eigenvalue weighted by Crippen LogP contribution is 2.52. The number of esters is 1. The van der Waals surface area contributed by atoms with E-state index < -0.39 is 60.8 Å². The fourth-order valence-corrected chi connectivity index (χ4v) is 6.03. The number of rotatable bonds is 10. The molecule has 0 aliphatic carbocycles. The largest absolute Gasteiger partial charge is 0.462 e. The topological polar surface area (TPSA) is 156 Å². The summed E-state index contributed by atoms with van der Waals surface area (Å²) in [6.45, 7) is 9.71. The molecule has 0 radical (unpaired) electrons. The lowest BCUT2D eigenvalue weighted by Gasteiger charge is -2.30. The number of hydrogen-bond acceptors (Lipinski definition) is 10. The molecule has 3 heterocycles. The van der Waals surface area contributed by atoms with Crippen molar-refractivity contribution in [3.63, 3.8) is 0 Å². The third-order valence-electron chi connectivity index (χ3n) is 6.19. The molecule has 13 nitrogen and oxygen atoms in total. The molecule has 2 aliphatic heterocycles. The van der Waals surface area contributed by atoms with E-state index in [1.165, 1.54) is 23.8 Å². The van der Waals surface area contributed by atoms with Crippen molar-refractivity contribution in [2.24, 2.45) is 0 Å². The highest BCUT2D eigenvalue weighted by Gasteiger charge is 2.64. The van der Waals surface area contributed by atoms with Gasteiger partial charge in [0.2, 0.25) is 0 Å². The maximum Gasteiger partial charge on any atom is 0.459 e. The van der Waals surface area contributed by atoms with Crippen LogP contribution < -0.4 is 20.9 Å². The van der Waals surface area contributed by atoms with E-state index in [-0.39, 0.29) is 18.5 Å². The summed E-state index contributed by atoms with van der Waals surface area (Å²) in [5.41, 5.74) is -2.40. The number of aromatic amines is 1. The minimum atomic E-state index is -4.20. The number of carbonyl (C=O) groups excluding carboxylic acids is 1. The third-order valence-corrected chi connectivity index (χ3v) is 7.83. The molecule has 39 heavy (non-hydrogen) atoms. The molecule has 14 heteroatoms. The van der Waals surface area contributed by atoms with E-state index >= 15 is 0 Å². The highest BCUT2D eigenvalue weighted by atomic mass is 31.2. The first-order valence-electron chi connectivity index (χ1n) is 12.5. The lowest BCUT2D eigenvalue weighted by Crippen LogP contribution is -2.46. The summed E-state index contributed by atoms with van der Waals surface area (Å²) in [5, 5.41) is 2.63. The molecular formula is C25H34N3O10P. The lowest BCUT2D eigenvalue weighted by molar-refractivity contribution is -0.214. The molecule has 1 aromatic heterocycles. The zero-order valence-electron chi connectivity index (χ0n) is 22.6. The van der Waals surface area contributed by atoms with E-state index in [0.29, 0.717) is 0 Å². The molecule has 2 aliphatic rings. The maximum atomic E-state index is 13.9. The Balaban J connectivity index is 1.60. The van der Waals surface area contributed by atoms with Gasteiger partial charge in [0.1, 0.15) is 29.6 Å². The molecule has 4 rings (SSSR count). The first kappa shape index (κ1) is 29.2. The second kappa shape index (κ2) is 11.0. The first-order chi connectivity index (χ1) is 18.2. The molecule has 2 aromatic rings. The molecule has 6 atom stereocenters. The Kier molecular flexibility index (Phi) is 8.23. The van der Waals surface area contributed by atoms with E-state index in [1.54, 1.807) is 65.0 Å². The number of hydrogen-bond donors (Lipinski definition) is 2. The number of ether oxygens (including phenoxy) is 4. The smallest absolute Gasteiger partial charge is 0.459 e. The minimum Gasteiger partial charge on any atom is -0.462 e. The Morgan fingerprint density at radius 1 is 1.15 bits per heavy atom.